The number of aromatic nitrogens is 2. The lowest BCUT2D eigenvalue weighted by molar-refractivity contribution is -0.0499. The fraction of sp³-hybridized carbons (Fsp3) is 0.316. The lowest BCUT2D eigenvalue weighted by Gasteiger charge is -2.15. The molecule has 8 heteroatoms. The molecular weight excluding hydrogens is 372 g/mol. The number of thiophene rings is 1. The van der Waals surface area contributed by atoms with Gasteiger partial charge in [0.05, 0.1) is 10.9 Å². The van der Waals surface area contributed by atoms with Gasteiger partial charge in [0.2, 0.25) is 0 Å². The van der Waals surface area contributed by atoms with Crippen LogP contribution in [0.25, 0.3) is 10.2 Å². The number of benzene rings is 1. The largest absolute Gasteiger partial charge is 0.435 e. The van der Waals surface area contributed by atoms with Crippen LogP contribution in [0.5, 0.6) is 5.75 Å². The highest BCUT2D eigenvalue weighted by molar-refractivity contribution is 7.20. The number of ether oxygens (including phenoxy) is 1. The van der Waals surface area contributed by atoms with Gasteiger partial charge >= 0.3 is 6.61 Å². The molecule has 3 rings (SSSR count). The molecule has 0 saturated heterocycles. The van der Waals surface area contributed by atoms with E-state index in [0.717, 1.165) is 21.5 Å². The molecule has 0 aliphatic heterocycles. The zero-order valence-corrected chi connectivity index (χ0v) is 16.2. The van der Waals surface area contributed by atoms with E-state index in [0.29, 0.717) is 16.3 Å². The molecule has 1 atom stereocenters. The third kappa shape index (κ3) is 4.05. The monoisotopic (exact) mass is 391 g/mol. The maximum Gasteiger partial charge on any atom is 0.387 e. The maximum absolute atomic E-state index is 12.8. The van der Waals surface area contributed by atoms with Crippen LogP contribution in [0.4, 0.5) is 8.78 Å². The fourth-order valence-corrected chi connectivity index (χ4v) is 4.18. The fourth-order valence-electron chi connectivity index (χ4n) is 3.00. The van der Waals surface area contributed by atoms with Gasteiger partial charge in [0.1, 0.15) is 16.4 Å². The Kier molecular flexibility index (Phi) is 5.36. The van der Waals surface area contributed by atoms with Gasteiger partial charge in [-0.05, 0) is 51.0 Å². The van der Waals surface area contributed by atoms with Crippen molar-refractivity contribution in [1.82, 2.24) is 15.3 Å². The van der Waals surface area contributed by atoms with Crippen LogP contribution in [0.15, 0.2) is 24.3 Å². The molecule has 0 bridgehead atoms. The maximum atomic E-state index is 12.8. The smallest absolute Gasteiger partial charge is 0.387 e. The molecule has 27 heavy (non-hydrogen) atoms. The molecule has 0 saturated carbocycles. The van der Waals surface area contributed by atoms with E-state index in [1.165, 1.54) is 23.5 Å². The number of hydrogen-bond acceptors (Lipinski definition) is 5. The second-order valence-electron chi connectivity index (χ2n) is 6.24. The Labute approximate surface area is 159 Å². The lowest BCUT2D eigenvalue weighted by atomic mass is 10.1. The number of halogens is 2. The number of hydrogen-bond donors (Lipinski definition) is 1. The first-order chi connectivity index (χ1) is 12.8. The number of alkyl halides is 2. The van der Waals surface area contributed by atoms with Crippen molar-refractivity contribution in [2.75, 3.05) is 0 Å². The van der Waals surface area contributed by atoms with Crippen LogP contribution < -0.4 is 10.1 Å². The van der Waals surface area contributed by atoms with Gasteiger partial charge in [0, 0.05) is 11.1 Å². The van der Waals surface area contributed by atoms with E-state index >= 15 is 0 Å². The summed E-state index contributed by atoms with van der Waals surface area (Å²) in [5.74, 6) is 0.487. The van der Waals surface area contributed by atoms with Gasteiger partial charge in [-0.3, -0.25) is 4.79 Å². The lowest BCUT2D eigenvalue weighted by Crippen LogP contribution is -2.26. The number of carbonyl (C=O) groups is 1. The number of aryl methyl sites for hydroxylation is 3. The molecule has 1 unspecified atom stereocenters. The highest BCUT2D eigenvalue weighted by Crippen LogP contribution is 2.31. The first kappa shape index (κ1) is 19.2. The highest BCUT2D eigenvalue weighted by Gasteiger charge is 2.20. The van der Waals surface area contributed by atoms with Gasteiger partial charge in [-0.15, -0.1) is 11.3 Å². The molecule has 0 aliphatic carbocycles. The van der Waals surface area contributed by atoms with Gasteiger partial charge in [0.25, 0.3) is 5.91 Å². The Morgan fingerprint density at radius 3 is 2.67 bits per heavy atom. The summed E-state index contributed by atoms with van der Waals surface area (Å²) < 4.78 is 29.2. The van der Waals surface area contributed by atoms with Crippen molar-refractivity contribution < 1.29 is 18.3 Å². The molecule has 0 radical (unpaired) electrons. The molecule has 5 nitrogen and oxygen atoms in total. The third-order valence-electron chi connectivity index (χ3n) is 4.22. The molecule has 1 amide bonds. The molecule has 1 aromatic carbocycles. The molecular formula is C19H19F2N3O2S. The second-order valence-corrected chi connectivity index (χ2v) is 7.24. The molecule has 0 fully saturated rings. The third-order valence-corrected chi connectivity index (χ3v) is 5.40. The Morgan fingerprint density at radius 1 is 1.22 bits per heavy atom. The number of rotatable bonds is 5. The van der Waals surface area contributed by atoms with Crippen molar-refractivity contribution in [3.63, 3.8) is 0 Å². The van der Waals surface area contributed by atoms with Crippen molar-refractivity contribution in [2.45, 2.75) is 40.3 Å². The van der Waals surface area contributed by atoms with Crippen LogP contribution in [0.3, 0.4) is 0 Å². The summed E-state index contributed by atoms with van der Waals surface area (Å²) in [7, 11) is 0. The molecule has 0 aliphatic rings. The van der Waals surface area contributed by atoms with Crippen molar-refractivity contribution >= 4 is 27.5 Å². The number of nitrogens with zero attached hydrogens (tertiary/aromatic N) is 2. The SMILES string of the molecule is Cc1nc(C)c2c(C)c(C(=O)NC(C)c3cccc(OC(F)F)c3)sc2n1. The molecule has 3 aromatic rings. The molecule has 2 aromatic heterocycles. The van der Waals surface area contributed by atoms with E-state index < -0.39 is 6.61 Å². The van der Waals surface area contributed by atoms with E-state index in [2.05, 4.69) is 20.0 Å². The van der Waals surface area contributed by atoms with E-state index in [1.54, 1.807) is 19.1 Å². The Balaban J connectivity index is 1.84. The summed E-state index contributed by atoms with van der Waals surface area (Å²) >= 11 is 1.32. The predicted molar refractivity (Wildman–Crippen MR) is 101 cm³/mol. The Hall–Kier alpha value is -2.61. The van der Waals surface area contributed by atoms with Crippen LogP contribution in [0.2, 0.25) is 0 Å². The van der Waals surface area contributed by atoms with Crippen molar-refractivity contribution in [1.29, 1.82) is 0 Å². The number of carbonyl (C=O) groups excluding carboxylic acids is 1. The van der Waals surface area contributed by atoms with Gasteiger partial charge in [-0.1, -0.05) is 12.1 Å². The summed E-state index contributed by atoms with van der Waals surface area (Å²) in [5.41, 5.74) is 2.36. The van der Waals surface area contributed by atoms with Crippen LogP contribution in [-0.4, -0.2) is 22.5 Å². The zero-order chi connectivity index (χ0) is 19.7. The minimum atomic E-state index is -2.89. The van der Waals surface area contributed by atoms with Gasteiger partial charge < -0.3 is 10.1 Å². The van der Waals surface area contributed by atoms with E-state index in [9.17, 15) is 13.6 Å². The van der Waals surface area contributed by atoms with Crippen LogP contribution in [0.1, 0.15) is 45.3 Å². The normalized spacial score (nSPS) is 12.4. The number of nitrogens with one attached hydrogen (secondary N) is 1. The summed E-state index contributed by atoms with van der Waals surface area (Å²) in [5, 5.41) is 3.81. The number of fused-ring (bicyclic) bond motifs is 1. The Morgan fingerprint density at radius 2 is 1.96 bits per heavy atom. The first-order valence-corrected chi connectivity index (χ1v) is 9.18. The average Bonchev–Trinajstić information content (AvgIpc) is 2.91. The highest BCUT2D eigenvalue weighted by atomic mass is 32.1. The second kappa shape index (κ2) is 7.56. The average molecular weight is 391 g/mol. The topological polar surface area (TPSA) is 64.1 Å². The standard InChI is InChI=1S/C19H19F2N3O2S/c1-9-15-11(3)22-12(4)24-18(15)27-16(9)17(25)23-10(2)13-6-5-7-14(8-13)26-19(20)21/h5-8,10,19H,1-4H3,(H,23,25). The Bertz CT molecular complexity index is 1000. The summed E-state index contributed by atoms with van der Waals surface area (Å²) in [4.78, 5) is 22.9. The van der Waals surface area contributed by atoms with Crippen LogP contribution in [0, 0.1) is 20.8 Å². The van der Waals surface area contributed by atoms with E-state index in [4.69, 9.17) is 0 Å². The molecule has 1 N–H and O–H groups in total. The molecule has 142 valence electrons. The zero-order valence-electron chi connectivity index (χ0n) is 15.3. The van der Waals surface area contributed by atoms with Gasteiger partial charge in [-0.25, -0.2) is 9.97 Å². The van der Waals surface area contributed by atoms with Crippen molar-refractivity contribution in [3.05, 3.63) is 51.8 Å². The van der Waals surface area contributed by atoms with Gasteiger partial charge in [0.15, 0.2) is 0 Å². The predicted octanol–water partition coefficient (Wildman–Crippen LogP) is 4.71. The summed E-state index contributed by atoms with van der Waals surface area (Å²) in [6.45, 7) is 4.49. The van der Waals surface area contributed by atoms with Crippen LogP contribution in [-0.2, 0) is 0 Å². The molecule has 0 spiro atoms. The van der Waals surface area contributed by atoms with E-state index in [-0.39, 0.29) is 17.7 Å². The quantitative estimate of drug-likeness (QED) is 0.684. The van der Waals surface area contributed by atoms with Crippen molar-refractivity contribution in [3.8, 4) is 5.75 Å². The first-order valence-electron chi connectivity index (χ1n) is 8.36. The van der Waals surface area contributed by atoms with Crippen LogP contribution >= 0.6 is 11.3 Å². The summed E-state index contributed by atoms with van der Waals surface area (Å²) in [6.07, 6.45) is 0. The van der Waals surface area contributed by atoms with Crippen molar-refractivity contribution in [2.24, 2.45) is 0 Å². The van der Waals surface area contributed by atoms with E-state index in [1.807, 2.05) is 20.8 Å². The minimum absolute atomic E-state index is 0.0583. The minimum Gasteiger partial charge on any atom is -0.435 e. The van der Waals surface area contributed by atoms with Gasteiger partial charge in [-0.2, -0.15) is 8.78 Å². The number of amides is 1. The molecule has 2 heterocycles. The summed E-state index contributed by atoms with van der Waals surface area (Å²) in [6, 6.07) is 5.93.